The highest BCUT2D eigenvalue weighted by Crippen LogP contribution is 2.29. The highest BCUT2D eigenvalue weighted by molar-refractivity contribution is 6.69. The minimum absolute atomic E-state index is 0.0873. The summed E-state index contributed by atoms with van der Waals surface area (Å²) in [5, 5.41) is 60.8. The van der Waals surface area contributed by atoms with Crippen molar-refractivity contribution in [3.63, 3.8) is 0 Å². The average Bonchev–Trinajstić information content (AvgIpc) is 1.16. The molecule has 0 aromatic heterocycles. The molecule has 0 bridgehead atoms. The zero-order valence-electron chi connectivity index (χ0n) is 68.1. The van der Waals surface area contributed by atoms with Gasteiger partial charge in [-0.25, -0.2) is 24.0 Å². The third-order valence-corrected chi connectivity index (χ3v) is 19.0. The van der Waals surface area contributed by atoms with Crippen molar-refractivity contribution in [1.29, 1.82) is 0 Å². The predicted octanol–water partition coefficient (Wildman–Crippen LogP) is 5.44. The Kier molecular flexibility index (Phi) is 53.3. The molecule has 13 atom stereocenters. The number of unbranched alkanes of at least 4 members (excludes halogenated alkanes) is 1. The summed E-state index contributed by atoms with van der Waals surface area (Å²) in [5.74, 6) is -13.3. The van der Waals surface area contributed by atoms with Crippen LogP contribution in [-0.4, -0.2) is 270 Å². The maximum Gasteiger partial charge on any atom is 0.407 e. The van der Waals surface area contributed by atoms with Gasteiger partial charge < -0.3 is 119 Å². The number of aliphatic hydroxyl groups excluding tert-OH is 2. The maximum absolute atomic E-state index is 15.4. The molecular weight excluding hydrogens is 1980 g/mol. The summed E-state index contributed by atoms with van der Waals surface area (Å²) in [4.78, 5) is 227. The van der Waals surface area contributed by atoms with Gasteiger partial charge in [0.1, 0.15) is 93.5 Å². The lowest BCUT2D eigenvalue weighted by Crippen LogP contribution is -2.62. The third kappa shape index (κ3) is 53.1. The Morgan fingerprint density at radius 3 is 1.22 bits per heavy atom. The van der Waals surface area contributed by atoms with Crippen molar-refractivity contribution < 1.29 is 111 Å². The Labute approximate surface area is 795 Å². The Hall–Kier alpha value is -5.99. The lowest BCUT2D eigenvalue weighted by Gasteiger charge is -2.29. The van der Waals surface area contributed by atoms with E-state index in [-0.39, 0.29) is 12.8 Å². The molecule has 1 fully saturated rings. The van der Waals surface area contributed by atoms with Gasteiger partial charge in [-0.2, -0.15) is 0 Å². The molecule has 710 valence electrons. The lowest BCUT2D eigenvalue weighted by molar-refractivity contribution is -0.137. The molecular formula is C71H103Cl15N16O23. The zero-order valence-corrected chi connectivity index (χ0v) is 79.4. The number of rotatable bonds is 39. The molecule has 1 aromatic rings. The Morgan fingerprint density at radius 1 is 0.440 bits per heavy atom. The summed E-state index contributed by atoms with van der Waals surface area (Å²) in [6, 6.07) is -11.0. The van der Waals surface area contributed by atoms with Crippen molar-refractivity contribution in [3.05, 3.63) is 35.9 Å². The predicted molar refractivity (Wildman–Crippen MR) is 469 cm³/mol. The van der Waals surface area contributed by atoms with Crippen LogP contribution < -0.4 is 85.1 Å². The fraction of sp³-hybridized carbons (Fsp3) is 0.690. The van der Waals surface area contributed by atoms with Crippen molar-refractivity contribution in [3.8, 4) is 0 Å². The maximum atomic E-state index is 15.4. The number of carbonyl (C=O) groups excluding carboxylic acids is 16. The number of hydrogen-bond acceptors (Lipinski definition) is 23. The Balaban J connectivity index is 3.12. The molecule has 0 radical (unpaired) electrons. The van der Waals surface area contributed by atoms with Crippen LogP contribution >= 0.6 is 174 Å². The zero-order chi connectivity index (χ0) is 94.8. The van der Waals surface area contributed by atoms with E-state index >= 15 is 19.2 Å². The molecule has 1 heterocycles. The van der Waals surface area contributed by atoms with E-state index in [1.54, 1.807) is 44.2 Å². The van der Waals surface area contributed by atoms with E-state index < -0.39 is 310 Å². The van der Waals surface area contributed by atoms with Gasteiger partial charge in [0.25, 0.3) is 0 Å². The van der Waals surface area contributed by atoms with Gasteiger partial charge in [-0.15, -0.1) is 0 Å². The van der Waals surface area contributed by atoms with Crippen molar-refractivity contribution in [1.82, 2.24) is 85.1 Å². The smallest absolute Gasteiger partial charge is 0.407 e. The highest BCUT2D eigenvalue weighted by Gasteiger charge is 2.40. The molecule has 1 aliphatic rings. The Bertz CT molecular complexity index is 3700. The van der Waals surface area contributed by atoms with Crippen LogP contribution in [-0.2, 0) is 82.8 Å². The number of aliphatic hydroxyl groups is 2. The van der Waals surface area contributed by atoms with Crippen molar-refractivity contribution >= 4 is 269 Å². The standard InChI is InChI=1S/C71H103Cl15N16O23/c1-7-37(4)13-11-12-16-49(105)93-41(18-24-88-62(116)121-31-67(72,73)74)56(110)102-51(39(6)104)61(115)98-45(21-27-91-65(119)124-34-70(81,82)83)54(108)94-42-17-23-87-60(114)50(38(5)103)101-57(111)46(22-28-92-66(120)125-35-71(84,85)86)96-53(107)43(19-25-89-63(117)122-32-68(75,76)77)97-58(112)47(29-36(2)3)99-59(113)48(30-40-14-9-8-10-15-40)100-55(109)44(95-52(42)106)20-26-90-64(118)123-33-69(78,79)80/h8-10,14-15,36-39,41-48,50-51,103-104H,7,11-13,16-35H2,1-6H3,(H,87,114)(H,88,116)(H,89,117)(H,90,118)(H,91,119)(H,92,120)(H,93,105)(H,94,108)(H,95,106)(H,96,107)(H,97,112)(H,98,115)(H,99,113)(H,100,109)(H,101,111)(H,102,110)/t37-,38+,39+,41-,42-,43-,44-,45-,46-,47-,48+,50-,51-/m0/s1. The second-order valence-corrected chi connectivity index (χ2v) is 41.3. The first-order chi connectivity index (χ1) is 58.0. The van der Waals surface area contributed by atoms with Crippen LogP contribution in [0.15, 0.2) is 30.3 Å². The van der Waals surface area contributed by atoms with E-state index in [0.29, 0.717) is 24.3 Å². The Morgan fingerprint density at radius 2 is 0.816 bits per heavy atom. The van der Waals surface area contributed by atoms with Crippen molar-refractivity contribution in [2.75, 3.05) is 72.3 Å². The minimum atomic E-state index is -2.14. The molecule has 54 heteroatoms. The molecule has 1 saturated heterocycles. The SMILES string of the molecule is CC[C@H](C)CCCCC(=O)N[C@@H](CCNC(=O)OCC(Cl)(Cl)Cl)C(=O)N[C@H](C(=O)N[C@@H](CCNC(=O)OCC(Cl)(Cl)Cl)C(=O)N[C@H]1CCNC(=O)[C@H]([C@@H](C)O)NC(=O)[C@H](CCNC(=O)OCC(Cl)(Cl)Cl)NC(=O)[C@H](CCNC(=O)OCC(Cl)(Cl)Cl)NC(=O)[C@H](CC(C)C)NC(=O)[C@@H](Cc2ccccc2)NC(=O)[C@H](CCNC(=O)OCC(Cl)(Cl)Cl)NC1=O)[C@@H](C)O. The first-order valence-corrected chi connectivity index (χ1v) is 44.3. The molecule has 0 spiro atoms. The van der Waals surface area contributed by atoms with Crippen LogP contribution in [0.2, 0.25) is 0 Å². The van der Waals surface area contributed by atoms with Crippen LogP contribution in [0, 0.1) is 11.8 Å². The number of halogens is 15. The van der Waals surface area contributed by atoms with Gasteiger partial charge in [-0.1, -0.05) is 251 Å². The first-order valence-electron chi connectivity index (χ1n) is 38.6. The fourth-order valence-electron chi connectivity index (χ4n) is 10.9. The monoisotopic (exact) mass is 2070 g/mol. The van der Waals surface area contributed by atoms with Crippen LogP contribution in [0.1, 0.15) is 124 Å². The summed E-state index contributed by atoms with van der Waals surface area (Å²) in [5.41, 5.74) is 0.372. The second-order valence-electron chi connectivity index (χ2n) is 28.7. The number of nitrogens with one attached hydrogen (secondary N) is 16. The van der Waals surface area contributed by atoms with E-state index in [9.17, 15) is 67.7 Å². The molecule has 16 amide bonds. The molecule has 125 heavy (non-hydrogen) atoms. The van der Waals surface area contributed by atoms with Gasteiger partial charge in [0, 0.05) is 52.1 Å². The number of amides is 16. The van der Waals surface area contributed by atoms with E-state index in [1.807, 2.05) is 13.8 Å². The quantitative estimate of drug-likeness (QED) is 0.0221. The summed E-state index contributed by atoms with van der Waals surface area (Å²) in [6.07, 6.45) is -11.6. The molecule has 1 aliphatic heterocycles. The number of carbonyl (C=O) groups is 16. The highest BCUT2D eigenvalue weighted by atomic mass is 35.6. The average molecular weight is 2080 g/mol. The number of ether oxygens (including phenoxy) is 5. The van der Waals surface area contributed by atoms with Crippen LogP contribution in [0.5, 0.6) is 0 Å². The minimum Gasteiger partial charge on any atom is -0.445 e. The first kappa shape index (κ1) is 115. The number of alkyl halides is 15. The summed E-state index contributed by atoms with van der Waals surface area (Å²) in [6.45, 7) is 1.90. The molecule has 18 N–H and O–H groups in total. The molecule has 0 aliphatic carbocycles. The van der Waals surface area contributed by atoms with E-state index in [2.05, 4.69) is 85.1 Å². The van der Waals surface area contributed by atoms with Gasteiger partial charge in [0.05, 0.1) is 12.2 Å². The topological polar surface area (TPSA) is 552 Å². The largest absolute Gasteiger partial charge is 0.445 e. The number of hydrogen-bond donors (Lipinski definition) is 18. The van der Waals surface area contributed by atoms with Crippen LogP contribution in [0.4, 0.5) is 24.0 Å². The van der Waals surface area contributed by atoms with Gasteiger partial charge in [0.15, 0.2) is 0 Å². The summed E-state index contributed by atoms with van der Waals surface area (Å²) in [7, 11) is 0. The van der Waals surface area contributed by atoms with E-state index in [4.69, 9.17) is 198 Å². The molecule has 0 saturated carbocycles. The number of benzene rings is 1. The van der Waals surface area contributed by atoms with Crippen LogP contribution in [0.3, 0.4) is 0 Å². The van der Waals surface area contributed by atoms with E-state index in [1.165, 1.54) is 0 Å². The molecule has 0 unspecified atom stereocenters. The van der Waals surface area contributed by atoms with Crippen molar-refractivity contribution in [2.24, 2.45) is 11.8 Å². The fourth-order valence-corrected chi connectivity index (χ4v) is 11.7. The lowest BCUT2D eigenvalue weighted by atomic mass is 10.00. The second kappa shape index (κ2) is 57.9. The van der Waals surface area contributed by atoms with Gasteiger partial charge >= 0.3 is 30.5 Å². The van der Waals surface area contributed by atoms with Crippen molar-refractivity contribution in [2.45, 2.75) is 217 Å². The van der Waals surface area contributed by atoms with Gasteiger partial charge in [0.2, 0.25) is 83.9 Å². The summed E-state index contributed by atoms with van der Waals surface area (Å²) >= 11 is 86.5. The summed E-state index contributed by atoms with van der Waals surface area (Å²) < 4.78 is 14.2. The van der Waals surface area contributed by atoms with Gasteiger partial charge in [-0.3, -0.25) is 52.7 Å². The van der Waals surface area contributed by atoms with Crippen LogP contribution in [0.25, 0.3) is 0 Å². The van der Waals surface area contributed by atoms with E-state index in [0.717, 1.165) is 26.7 Å². The van der Waals surface area contributed by atoms with Gasteiger partial charge in [-0.05, 0) is 82.6 Å². The number of alkyl carbamates (subject to hydrolysis) is 5. The third-order valence-electron chi connectivity index (χ3n) is 17.3. The molecule has 2 rings (SSSR count). The molecule has 39 nitrogen and oxygen atoms in total. The molecule has 1 aromatic carbocycles. The normalized spacial score (nSPS) is 19.6.